The van der Waals surface area contributed by atoms with Crippen molar-refractivity contribution in [3.8, 4) is 0 Å². The molecule has 0 spiro atoms. The quantitative estimate of drug-likeness (QED) is 0.844. The molecule has 3 rings (SSSR count). The van der Waals surface area contributed by atoms with Crippen molar-refractivity contribution < 1.29 is 9.90 Å². The van der Waals surface area contributed by atoms with Crippen LogP contribution in [0.3, 0.4) is 0 Å². The van der Waals surface area contributed by atoms with Crippen LogP contribution in [0.1, 0.15) is 28.6 Å². The number of likely N-dealkylation sites (tertiary alicyclic amines) is 1. The first kappa shape index (κ1) is 15.2. The van der Waals surface area contributed by atoms with Crippen LogP contribution in [0.4, 0.5) is 0 Å². The Labute approximate surface area is 140 Å². The van der Waals surface area contributed by atoms with Crippen LogP contribution in [-0.2, 0) is 4.79 Å². The molecule has 1 N–H and O–H groups in total. The van der Waals surface area contributed by atoms with Gasteiger partial charge in [-0.1, -0.05) is 6.07 Å². The first-order valence-electron chi connectivity index (χ1n) is 6.90. The van der Waals surface area contributed by atoms with Crippen molar-refractivity contribution in [2.45, 2.75) is 18.9 Å². The molecule has 0 aromatic carbocycles. The Balaban J connectivity index is 1.82. The number of hydrogen-bond acceptors (Lipinski definition) is 4. The van der Waals surface area contributed by atoms with E-state index in [1.807, 2.05) is 0 Å². The summed E-state index contributed by atoms with van der Waals surface area (Å²) in [5.74, 6) is -0.832. The lowest BCUT2D eigenvalue weighted by Crippen LogP contribution is -2.38. The highest BCUT2D eigenvalue weighted by molar-refractivity contribution is 9.11. The summed E-state index contributed by atoms with van der Waals surface area (Å²) >= 11 is 7.07. The number of halogens is 1. The van der Waals surface area contributed by atoms with Crippen LogP contribution in [0, 0.1) is 5.92 Å². The molecule has 112 valence electrons. The molecule has 0 aliphatic carbocycles. The molecular formula is C15H16BrNO2S2. The van der Waals surface area contributed by atoms with E-state index >= 15 is 0 Å². The van der Waals surface area contributed by atoms with E-state index in [4.69, 9.17) is 5.11 Å². The van der Waals surface area contributed by atoms with Gasteiger partial charge < -0.3 is 5.11 Å². The molecule has 21 heavy (non-hydrogen) atoms. The molecule has 1 unspecified atom stereocenters. The molecule has 1 aliphatic rings. The minimum atomic E-state index is -0.652. The molecule has 3 nitrogen and oxygen atoms in total. The Hall–Kier alpha value is -0.690. The van der Waals surface area contributed by atoms with Gasteiger partial charge in [0.05, 0.1) is 15.7 Å². The SMILES string of the molecule is O=C(O)C1CCN(C(c2cccs2)c2ccc(Br)s2)CC1. The van der Waals surface area contributed by atoms with Gasteiger partial charge in [-0.2, -0.15) is 0 Å². The Bertz CT molecular complexity index is 603. The van der Waals surface area contributed by atoms with Gasteiger partial charge in [-0.25, -0.2) is 0 Å². The van der Waals surface area contributed by atoms with Gasteiger partial charge in [0.25, 0.3) is 0 Å². The highest BCUT2D eigenvalue weighted by Crippen LogP contribution is 2.39. The van der Waals surface area contributed by atoms with E-state index in [-0.39, 0.29) is 12.0 Å². The van der Waals surface area contributed by atoms with Gasteiger partial charge in [-0.3, -0.25) is 9.69 Å². The summed E-state index contributed by atoms with van der Waals surface area (Å²) in [6, 6.07) is 8.77. The average molecular weight is 386 g/mol. The van der Waals surface area contributed by atoms with Crippen molar-refractivity contribution in [1.29, 1.82) is 0 Å². The maximum atomic E-state index is 11.1. The molecule has 1 atom stereocenters. The number of aliphatic carboxylic acids is 1. The van der Waals surface area contributed by atoms with Crippen molar-refractivity contribution in [2.24, 2.45) is 5.92 Å². The number of carboxylic acid groups (broad SMARTS) is 1. The number of carboxylic acids is 1. The predicted octanol–water partition coefficient (Wildman–Crippen LogP) is 4.46. The first-order valence-corrected chi connectivity index (χ1v) is 9.39. The Morgan fingerprint density at radius 1 is 1.29 bits per heavy atom. The maximum absolute atomic E-state index is 11.1. The third-order valence-corrected chi connectivity index (χ3v) is 6.52. The molecule has 1 fully saturated rings. The fraction of sp³-hybridized carbons (Fsp3) is 0.400. The fourth-order valence-corrected chi connectivity index (χ4v) is 5.36. The molecule has 3 heterocycles. The van der Waals surface area contributed by atoms with Crippen LogP contribution in [-0.4, -0.2) is 29.1 Å². The number of carbonyl (C=O) groups is 1. The minimum Gasteiger partial charge on any atom is -0.481 e. The molecular weight excluding hydrogens is 370 g/mol. The summed E-state index contributed by atoms with van der Waals surface area (Å²) in [4.78, 5) is 16.2. The second-order valence-corrected chi connectivity index (χ2v) is 8.68. The van der Waals surface area contributed by atoms with Gasteiger partial charge >= 0.3 is 5.97 Å². The van der Waals surface area contributed by atoms with Crippen molar-refractivity contribution in [2.75, 3.05) is 13.1 Å². The number of rotatable bonds is 4. The van der Waals surface area contributed by atoms with Crippen LogP contribution in [0.5, 0.6) is 0 Å². The normalized spacial score (nSPS) is 18.7. The van der Waals surface area contributed by atoms with E-state index in [0.717, 1.165) is 29.7 Å². The lowest BCUT2D eigenvalue weighted by atomic mass is 9.95. The highest BCUT2D eigenvalue weighted by atomic mass is 79.9. The lowest BCUT2D eigenvalue weighted by molar-refractivity contribution is -0.143. The van der Waals surface area contributed by atoms with E-state index in [9.17, 15) is 4.79 Å². The zero-order valence-corrected chi connectivity index (χ0v) is 14.6. The topological polar surface area (TPSA) is 40.5 Å². The molecule has 0 saturated carbocycles. The summed E-state index contributed by atoms with van der Waals surface area (Å²) < 4.78 is 1.14. The van der Waals surface area contributed by atoms with Gasteiger partial charge in [-0.15, -0.1) is 22.7 Å². The maximum Gasteiger partial charge on any atom is 0.306 e. The third-order valence-electron chi connectivity index (χ3n) is 3.92. The smallest absolute Gasteiger partial charge is 0.306 e. The van der Waals surface area contributed by atoms with Gasteiger partial charge in [-0.05, 0) is 65.4 Å². The Morgan fingerprint density at radius 2 is 2.05 bits per heavy atom. The zero-order valence-electron chi connectivity index (χ0n) is 11.4. The van der Waals surface area contributed by atoms with Gasteiger partial charge in [0, 0.05) is 9.75 Å². The molecule has 2 aromatic rings. The molecule has 2 aromatic heterocycles. The first-order chi connectivity index (χ1) is 10.1. The third kappa shape index (κ3) is 3.39. The fourth-order valence-electron chi connectivity index (χ4n) is 2.83. The Kier molecular flexibility index (Phi) is 4.78. The van der Waals surface area contributed by atoms with E-state index in [0.29, 0.717) is 0 Å². The molecule has 0 bridgehead atoms. The van der Waals surface area contributed by atoms with E-state index in [1.54, 1.807) is 22.7 Å². The van der Waals surface area contributed by atoms with Crippen molar-refractivity contribution in [3.05, 3.63) is 43.2 Å². The van der Waals surface area contributed by atoms with Crippen LogP contribution in [0.15, 0.2) is 33.4 Å². The molecule has 0 amide bonds. The summed E-state index contributed by atoms with van der Waals surface area (Å²) in [6.45, 7) is 1.68. The second-order valence-electron chi connectivity index (χ2n) is 5.21. The number of piperidine rings is 1. The standard InChI is InChI=1S/C15H16BrNO2S2/c16-13-4-3-12(21-13)14(11-2-1-9-20-11)17-7-5-10(6-8-17)15(18)19/h1-4,9-10,14H,5-8H2,(H,18,19). The van der Waals surface area contributed by atoms with Crippen molar-refractivity contribution in [3.63, 3.8) is 0 Å². The van der Waals surface area contributed by atoms with E-state index in [2.05, 4.69) is 50.5 Å². The molecule has 6 heteroatoms. The highest BCUT2D eigenvalue weighted by Gasteiger charge is 2.31. The average Bonchev–Trinajstić information content (AvgIpc) is 3.12. The largest absolute Gasteiger partial charge is 0.481 e. The van der Waals surface area contributed by atoms with Gasteiger partial charge in [0.15, 0.2) is 0 Å². The molecule has 0 radical (unpaired) electrons. The summed E-state index contributed by atoms with van der Waals surface area (Å²) in [5.41, 5.74) is 0. The summed E-state index contributed by atoms with van der Waals surface area (Å²) in [7, 11) is 0. The lowest BCUT2D eigenvalue weighted by Gasteiger charge is -2.35. The number of nitrogens with zero attached hydrogens (tertiary/aromatic N) is 1. The number of thiophene rings is 2. The predicted molar refractivity (Wildman–Crippen MR) is 90.1 cm³/mol. The second kappa shape index (κ2) is 6.60. The van der Waals surface area contributed by atoms with Crippen LogP contribution in [0.2, 0.25) is 0 Å². The minimum absolute atomic E-state index is 0.180. The van der Waals surface area contributed by atoms with Gasteiger partial charge in [0.2, 0.25) is 0 Å². The zero-order chi connectivity index (χ0) is 14.8. The van der Waals surface area contributed by atoms with Crippen molar-refractivity contribution in [1.82, 2.24) is 4.90 Å². The summed E-state index contributed by atoms with van der Waals surface area (Å²) in [5, 5.41) is 11.3. The number of hydrogen-bond donors (Lipinski definition) is 1. The summed E-state index contributed by atoms with van der Waals surface area (Å²) in [6.07, 6.45) is 1.48. The Morgan fingerprint density at radius 3 is 2.57 bits per heavy atom. The van der Waals surface area contributed by atoms with Crippen molar-refractivity contribution >= 4 is 44.6 Å². The van der Waals surface area contributed by atoms with E-state index < -0.39 is 5.97 Å². The van der Waals surface area contributed by atoms with E-state index in [1.165, 1.54) is 9.75 Å². The molecule has 1 saturated heterocycles. The van der Waals surface area contributed by atoms with Gasteiger partial charge in [0.1, 0.15) is 0 Å². The molecule has 1 aliphatic heterocycles. The van der Waals surface area contributed by atoms with Crippen LogP contribution < -0.4 is 0 Å². The monoisotopic (exact) mass is 385 g/mol. The van der Waals surface area contributed by atoms with Crippen LogP contribution in [0.25, 0.3) is 0 Å². The van der Waals surface area contributed by atoms with Crippen LogP contribution >= 0.6 is 38.6 Å².